The molecule has 1 N–H and O–H groups in total. The van der Waals surface area contributed by atoms with Crippen molar-refractivity contribution >= 4 is 63.8 Å². The van der Waals surface area contributed by atoms with Crippen LogP contribution in [0.1, 0.15) is 42.7 Å². The number of fused-ring (bicyclic) bond motifs is 2. The van der Waals surface area contributed by atoms with Gasteiger partial charge in [-0.2, -0.15) is 0 Å². The van der Waals surface area contributed by atoms with Crippen molar-refractivity contribution in [1.29, 1.82) is 0 Å². The molecule has 3 amide bonds. The number of hydrogen-bond acceptors (Lipinski definition) is 6. The number of carbonyl (C=O) groups is 3. The summed E-state index contributed by atoms with van der Waals surface area (Å²) in [6, 6.07) is 23.7. The van der Waals surface area contributed by atoms with Gasteiger partial charge in [-0.05, 0) is 52.9 Å². The lowest BCUT2D eigenvalue weighted by molar-refractivity contribution is -0.122. The molecule has 10 heteroatoms. The lowest BCUT2D eigenvalue weighted by atomic mass is 9.81. The van der Waals surface area contributed by atoms with Crippen LogP contribution >= 0.6 is 34.7 Å². The second kappa shape index (κ2) is 10.9. The molecule has 2 aliphatic rings. The Morgan fingerprint density at radius 2 is 1.57 bits per heavy atom. The van der Waals surface area contributed by atoms with E-state index in [4.69, 9.17) is 11.6 Å². The molecule has 214 valence electrons. The molecule has 3 atom stereocenters. The highest BCUT2D eigenvalue weighted by Gasteiger charge is 2.56. The minimum absolute atomic E-state index is 0.0700. The highest BCUT2D eigenvalue weighted by atomic mass is 35.5. The van der Waals surface area contributed by atoms with Gasteiger partial charge in [-0.25, -0.2) is 4.90 Å². The number of anilines is 2. The first-order valence-corrected chi connectivity index (χ1v) is 15.6. The fraction of sp³-hybridized carbons (Fsp3) is 0.250. The van der Waals surface area contributed by atoms with Gasteiger partial charge in [0.2, 0.25) is 17.7 Å². The second-order valence-corrected chi connectivity index (χ2v) is 14.0. The molecule has 0 bridgehead atoms. The molecule has 0 aliphatic carbocycles. The van der Waals surface area contributed by atoms with Crippen LogP contribution in [0.4, 0.5) is 11.4 Å². The average molecular weight is 618 g/mol. The maximum absolute atomic E-state index is 14.0. The van der Waals surface area contributed by atoms with Crippen molar-refractivity contribution in [3.05, 3.63) is 110 Å². The van der Waals surface area contributed by atoms with Crippen LogP contribution < -0.4 is 15.1 Å². The summed E-state index contributed by atoms with van der Waals surface area (Å²) in [4.78, 5) is 55.9. The zero-order chi connectivity index (χ0) is 29.8. The number of benzene rings is 3. The lowest BCUT2D eigenvalue weighted by Crippen LogP contribution is -2.33. The fourth-order valence-corrected chi connectivity index (χ4v) is 8.41. The molecule has 1 fully saturated rings. The number of nitrogens with zero attached hydrogens (tertiary/aromatic N) is 2. The van der Waals surface area contributed by atoms with E-state index in [0.717, 1.165) is 22.5 Å². The van der Waals surface area contributed by atoms with Crippen LogP contribution in [0.15, 0.2) is 88.7 Å². The molecule has 4 aromatic rings. The molecule has 6 rings (SSSR count). The first-order valence-electron chi connectivity index (χ1n) is 13.5. The van der Waals surface area contributed by atoms with Gasteiger partial charge in [-0.15, -0.1) is 0 Å². The summed E-state index contributed by atoms with van der Waals surface area (Å²) in [5, 5.41) is 3.13. The summed E-state index contributed by atoms with van der Waals surface area (Å²) in [6.45, 7) is 6.18. The van der Waals surface area contributed by atoms with Gasteiger partial charge in [0.25, 0.3) is 0 Å². The quantitative estimate of drug-likeness (QED) is 0.266. The molecule has 0 saturated carbocycles. The number of hydrogen-bond donors (Lipinski definition) is 1. The minimum Gasteiger partial charge on any atom is -0.325 e. The van der Waals surface area contributed by atoms with E-state index >= 15 is 0 Å². The molecule has 3 heterocycles. The molecule has 7 nitrogen and oxygen atoms in total. The number of rotatable bonds is 5. The summed E-state index contributed by atoms with van der Waals surface area (Å²) in [5.41, 5.74) is 2.99. The Labute approximate surface area is 256 Å². The van der Waals surface area contributed by atoms with Crippen LogP contribution in [-0.4, -0.2) is 27.5 Å². The Hall–Kier alpha value is -3.66. The number of aromatic nitrogens is 1. The highest BCUT2D eigenvalue weighted by Crippen LogP contribution is 2.54. The van der Waals surface area contributed by atoms with E-state index in [0.29, 0.717) is 26.3 Å². The topological polar surface area (TPSA) is 88.5 Å². The van der Waals surface area contributed by atoms with Crippen molar-refractivity contribution < 1.29 is 14.4 Å². The van der Waals surface area contributed by atoms with E-state index in [2.05, 4.69) is 26.1 Å². The number of nitrogens with one attached hydrogen (secondary N) is 1. The van der Waals surface area contributed by atoms with Gasteiger partial charge in [-0.3, -0.25) is 23.7 Å². The van der Waals surface area contributed by atoms with Crippen LogP contribution in [0.2, 0.25) is 5.02 Å². The highest BCUT2D eigenvalue weighted by molar-refractivity contribution is 8.00. The van der Waals surface area contributed by atoms with Crippen LogP contribution in [0.5, 0.6) is 0 Å². The third kappa shape index (κ3) is 5.10. The van der Waals surface area contributed by atoms with Crippen LogP contribution in [0.25, 0.3) is 0 Å². The van der Waals surface area contributed by atoms with Gasteiger partial charge >= 0.3 is 4.87 Å². The number of carbonyl (C=O) groups excluding carboxylic acids is 3. The van der Waals surface area contributed by atoms with Crippen molar-refractivity contribution in [1.82, 2.24) is 4.57 Å². The van der Waals surface area contributed by atoms with Gasteiger partial charge < -0.3 is 5.32 Å². The molecule has 1 saturated heterocycles. The zero-order valence-electron chi connectivity index (χ0n) is 23.2. The van der Waals surface area contributed by atoms with Crippen molar-refractivity contribution in [2.45, 2.75) is 48.9 Å². The number of thiazole rings is 1. The van der Waals surface area contributed by atoms with Crippen LogP contribution in [-0.2, 0) is 26.3 Å². The minimum atomic E-state index is -0.759. The van der Waals surface area contributed by atoms with E-state index < -0.39 is 17.1 Å². The Balaban J connectivity index is 1.43. The summed E-state index contributed by atoms with van der Waals surface area (Å²) in [7, 11) is 0. The Morgan fingerprint density at radius 1 is 0.905 bits per heavy atom. The van der Waals surface area contributed by atoms with E-state index in [1.807, 2.05) is 42.5 Å². The number of amides is 3. The van der Waals surface area contributed by atoms with Crippen molar-refractivity contribution in [2.75, 3.05) is 10.2 Å². The molecule has 0 radical (unpaired) electrons. The lowest BCUT2D eigenvalue weighted by Gasteiger charge is -2.31. The maximum atomic E-state index is 14.0. The standard InChI is InChI=1S/C32H28ClN3O4S2/c1-32(2,3)19-11-9-18(10-12-19)24-25-26(29(39)36(28(25)38)22-15-13-20(33)14-16-22)41-30-27(24)42-31(40)35(30)17-23(37)34-21-7-5-4-6-8-21/h4-16,24-26H,17H2,1-3H3,(H,34,37)/t24-,25+,26-/m0/s1. The Bertz CT molecular complexity index is 1740. The molecule has 0 unspecified atom stereocenters. The fourth-order valence-electron chi connectivity index (χ4n) is 5.52. The molecular formula is C32H28ClN3O4S2. The average Bonchev–Trinajstić information content (AvgIpc) is 3.40. The first kappa shape index (κ1) is 28.5. The molecule has 42 heavy (non-hydrogen) atoms. The summed E-state index contributed by atoms with van der Waals surface area (Å²) >= 11 is 8.31. The summed E-state index contributed by atoms with van der Waals surface area (Å²) in [5.74, 6) is -2.25. The van der Waals surface area contributed by atoms with Crippen molar-refractivity contribution in [3.63, 3.8) is 0 Å². The Kier molecular flexibility index (Phi) is 7.37. The number of halogens is 1. The van der Waals surface area contributed by atoms with Gasteiger partial charge in [0.15, 0.2) is 0 Å². The summed E-state index contributed by atoms with van der Waals surface area (Å²) in [6.07, 6.45) is 0. The normalized spacial score (nSPS) is 19.9. The van der Waals surface area contributed by atoms with E-state index in [-0.39, 0.29) is 34.6 Å². The third-order valence-electron chi connectivity index (χ3n) is 7.63. The van der Waals surface area contributed by atoms with Crippen molar-refractivity contribution in [2.24, 2.45) is 5.92 Å². The molecule has 3 aromatic carbocycles. The maximum Gasteiger partial charge on any atom is 0.308 e. The number of thioether (sulfide) groups is 1. The van der Waals surface area contributed by atoms with E-state index in [1.54, 1.807) is 36.4 Å². The smallest absolute Gasteiger partial charge is 0.308 e. The Morgan fingerprint density at radius 3 is 2.21 bits per heavy atom. The van der Waals surface area contributed by atoms with Crippen LogP contribution in [0.3, 0.4) is 0 Å². The van der Waals surface area contributed by atoms with E-state index in [1.165, 1.54) is 21.2 Å². The van der Waals surface area contributed by atoms with Crippen molar-refractivity contribution in [3.8, 4) is 0 Å². The molecule has 0 spiro atoms. The number of para-hydroxylation sites is 1. The van der Waals surface area contributed by atoms with Crippen LogP contribution in [0, 0.1) is 5.92 Å². The summed E-state index contributed by atoms with van der Waals surface area (Å²) < 4.78 is 1.43. The second-order valence-electron chi connectivity index (χ2n) is 11.4. The SMILES string of the molecule is CC(C)(C)c1ccc([C@@H]2c3sc(=O)n(CC(=O)Nc4ccccc4)c3S[C@@H]3C(=O)N(c4ccc(Cl)cc4)C(=O)[C@H]23)cc1. The van der Waals surface area contributed by atoms with E-state index in [9.17, 15) is 19.2 Å². The molecule has 2 aliphatic heterocycles. The largest absolute Gasteiger partial charge is 0.325 e. The predicted molar refractivity (Wildman–Crippen MR) is 168 cm³/mol. The predicted octanol–water partition coefficient (Wildman–Crippen LogP) is 6.30. The van der Waals surface area contributed by atoms with Gasteiger partial charge in [0.05, 0.1) is 16.6 Å². The molecule has 1 aromatic heterocycles. The molecular weight excluding hydrogens is 590 g/mol. The monoisotopic (exact) mass is 617 g/mol. The van der Waals surface area contributed by atoms with Gasteiger partial charge in [0, 0.05) is 21.5 Å². The first-order chi connectivity index (χ1) is 20.0. The third-order valence-corrected chi connectivity index (χ3v) is 10.5. The zero-order valence-corrected chi connectivity index (χ0v) is 25.6. The number of imide groups is 1. The van der Waals surface area contributed by atoms with Gasteiger partial charge in [-0.1, -0.05) is 97.9 Å². The van der Waals surface area contributed by atoms with Gasteiger partial charge in [0.1, 0.15) is 11.8 Å².